The van der Waals surface area contributed by atoms with E-state index in [1.807, 2.05) is 14.1 Å². The molecule has 0 bridgehead atoms. The summed E-state index contributed by atoms with van der Waals surface area (Å²) in [5, 5.41) is 36.7. The topological polar surface area (TPSA) is 225 Å². The van der Waals surface area contributed by atoms with Crippen LogP contribution in [-0.4, -0.2) is 119 Å². The molecule has 0 saturated carbocycles. The predicted molar refractivity (Wildman–Crippen MR) is 261 cm³/mol. The molecule has 0 aromatic heterocycles. The van der Waals surface area contributed by atoms with Gasteiger partial charge >= 0.3 is 12.1 Å². The lowest BCUT2D eigenvalue weighted by molar-refractivity contribution is 0.241. The molecule has 0 aliphatic heterocycles. The van der Waals surface area contributed by atoms with Gasteiger partial charge in [-0.15, -0.1) is 0 Å². The zero-order chi connectivity index (χ0) is 45.4. The maximum absolute atomic E-state index is 10.8. The van der Waals surface area contributed by atoms with Crippen molar-refractivity contribution in [2.24, 2.45) is 15.0 Å². The van der Waals surface area contributed by atoms with Crippen molar-refractivity contribution in [2.45, 2.75) is 128 Å². The maximum Gasteiger partial charge on any atom is 0.314 e. The van der Waals surface area contributed by atoms with Gasteiger partial charge in [-0.25, -0.2) is 34.2 Å². The summed E-state index contributed by atoms with van der Waals surface area (Å²) in [4.78, 5) is 51.6. The van der Waals surface area contributed by atoms with Gasteiger partial charge in [-0.05, 0) is 99.8 Å². The number of aliphatic imine (C=N–C) groups is 3. The fourth-order valence-electron chi connectivity index (χ4n) is 4.71. The van der Waals surface area contributed by atoms with E-state index in [0.717, 1.165) is 113 Å². The first-order valence-electron chi connectivity index (χ1n) is 21.2. The molecular formula is C40H76N12O4S4. The van der Waals surface area contributed by atoms with Crippen molar-refractivity contribution in [3.8, 4) is 5.40 Å². The van der Waals surface area contributed by atoms with Crippen molar-refractivity contribution < 1.29 is 19.2 Å². The number of hydrogen-bond donors (Lipinski definition) is 8. The summed E-state index contributed by atoms with van der Waals surface area (Å²) < 4.78 is 0. The fraction of sp³-hybridized carbons (Fsp3) is 0.800. The molecular weight excluding hydrogens is 841 g/mol. The molecule has 60 heavy (non-hydrogen) atoms. The van der Waals surface area contributed by atoms with Gasteiger partial charge in [0, 0.05) is 66.7 Å². The second kappa shape index (κ2) is 59.6. The minimum Gasteiger partial charge on any atom is -0.366 e. The van der Waals surface area contributed by atoms with Gasteiger partial charge in [0.1, 0.15) is 5.40 Å². The average Bonchev–Trinajstić information content (AvgIpc) is 3.27. The molecule has 16 nitrogen and oxygen atoms in total. The Morgan fingerprint density at radius 1 is 0.483 bits per heavy atom. The van der Waals surface area contributed by atoms with Crippen LogP contribution in [0.4, 0.5) is 9.59 Å². The summed E-state index contributed by atoms with van der Waals surface area (Å²) in [6.45, 7) is 5.32. The van der Waals surface area contributed by atoms with Crippen LogP contribution in [0.15, 0.2) is 15.0 Å². The summed E-state index contributed by atoms with van der Waals surface area (Å²) in [5.41, 5.74) is 0. The number of isocyanates is 2. The number of thioether (sulfide) groups is 1. The number of nitrogens with zero attached hydrogens (tertiary/aromatic N) is 4. The van der Waals surface area contributed by atoms with Crippen molar-refractivity contribution in [1.82, 2.24) is 42.5 Å². The Kier molecular flexibility index (Phi) is 62.6. The lowest BCUT2D eigenvalue weighted by Gasteiger charge is -2.07. The van der Waals surface area contributed by atoms with Gasteiger partial charge in [0.05, 0.1) is 18.3 Å². The van der Waals surface area contributed by atoms with Crippen molar-refractivity contribution in [1.29, 1.82) is 5.26 Å². The van der Waals surface area contributed by atoms with Crippen LogP contribution in [0.3, 0.4) is 0 Å². The Bertz CT molecular complexity index is 1090. The monoisotopic (exact) mass is 916 g/mol. The van der Waals surface area contributed by atoms with Gasteiger partial charge < -0.3 is 42.5 Å². The average molecular weight is 917 g/mol. The number of thiocarbonyl (C=S) groups is 3. The number of hydrogen-bond acceptors (Lipinski definition) is 12. The third kappa shape index (κ3) is 66.1. The number of thiocyanates is 1. The molecule has 0 spiro atoms. The van der Waals surface area contributed by atoms with Crippen LogP contribution in [-0.2, 0) is 9.59 Å². The first-order valence-corrected chi connectivity index (χ1v) is 23.4. The Balaban J connectivity index is -0.000000355. The van der Waals surface area contributed by atoms with Crippen molar-refractivity contribution in [3.63, 3.8) is 0 Å². The fourth-order valence-corrected chi connectivity index (χ4v) is 5.45. The number of isothiocyanates is 1. The molecule has 0 unspecified atom stereocenters. The van der Waals surface area contributed by atoms with E-state index in [1.54, 1.807) is 14.1 Å². The summed E-state index contributed by atoms with van der Waals surface area (Å²) in [6, 6.07) is -0.231. The molecule has 0 saturated heterocycles. The summed E-state index contributed by atoms with van der Waals surface area (Å²) in [6.07, 6.45) is 25.5. The third-order valence-corrected chi connectivity index (χ3v) is 9.52. The zero-order valence-electron chi connectivity index (χ0n) is 36.9. The number of rotatable bonds is 32. The molecule has 0 aliphatic carbocycles. The van der Waals surface area contributed by atoms with E-state index in [-0.39, 0.29) is 12.1 Å². The molecule has 20 heteroatoms. The van der Waals surface area contributed by atoms with Gasteiger partial charge in [-0.2, -0.15) is 5.26 Å². The van der Waals surface area contributed by atoms with Gasteiger partial charge in [0.25, 0.3) is 0 Å². The van der Waals surface area contributed by atoms with E-state index in [1.165, 1.54) is 88.1 Å². The van der Waals surface area contributed by atoms with Crippen LogP contribution >= 0.6 is 48.4 Å². The van der Waals surface area contributed by atoms with Crippen molar-refractivity contribution in [2.75, 3.05) is 79.8 Å². The molecule has 0 radical (unpaired) electrons. The molecule has 8 N–H and O–H groups in total. The lowest BCUT2D eigenvalue weighted by atomic mass is 10.1. The predicted octanol–water partition coefficient (Wildman–Crippen LogP) is 6.78. The Morgan fingerprint density at radius 2 is 0.800 bits per heavy atom. The molecule has 4 amide bonds. The first kappa shape index (κ1) is 63.0. The van der Waals surface area contributed by atoms with Crippen molar-refractivity contribution >= 4 is 88.0 Å². The molecule has 344 valence electrons. The molecule has 0 aromatic carbocycles. The smallest absolute Gasteiger partial charge is 0.314 e. The number of nitriles is 1. The highest BCUT2D eigenvalue weighted by atomic mass is 32.2. The second-order valence-corrected chi connectivity index (χ2v) is 14.8. The summed E-state index contributed by atoms with van der Waals surface area (Å²) in [5.74, 6) is 0.951. The van der Waals surface area contributed by atoms with E-state index in [9.17, 15) is 19.2 Å². The minimum absolute atomic E-state index is 0.115. The van der Waals surface area contributed by atoms with Crippen LogP contribution in [0.2, 0.25) is 0 Å². The molecule has 0 fully saturated rings. The highest BCUT2D eigenvalue weighted by molar-refractivity contribution is 8.03. The number of unbranched alkanes of at least 4 members (excludes halogenated alkanes) is 16. The van der Waals surface area contributed by atoms with Gasteiger partial charge in [-0.1, -0.05) is 77.0 Å². The maximum atomic E-state index is 10.8. The summed E-state index contributed by atoms with van der Waals surface area (Å²) in [7, 11) is 6.90. The number of carbonyl (C=O) groups excluding carboxylic acids is 4. The number of amides is 4. The third-order valence-electron chi connectivity index (χ3n) is 8.07. The van der Waals surface area contributed by atoms with E-state index in [2.05, 4.69) is 80.3 Å². The standard InChI is InChI=1S/C12H26N4O2.C12H26N4S2.C8H12N2O2.C8H12N2S2/c2*1-13-11(17)15-9-7-5-3-4-6-8-10-16-12(18)14-2;11-7-9-5-3-1-2-4-6-10-8-12;9-7-12-6-4-2-1-3-5-10-8-11/h2*3-10H2,1-2H3,(H2,13,15,17)(H2,14,16,18);2*1-6H2. The second-order valence-electron chi connectivity index (χ2n) is 13.0. The van der Waals surface area contributed by atoms with E-state index in [4.69, 9.17) is 29.7 Å². The van der Waals surface area contributed by atoms with Crippen LogP contribution in [0, 0.1) is 10.7 Å². The molecule has 0 aromatic rings. The Labute approximate surface area is 381 Å². The highest BCUT2D eigenvalue weighted by Gasteiger charge is 1.98. The molecule has 0 atom stereocenters. The van der Waals surface area contributed by atoms with E-state index < -0.39 is 0 Å². The quantitative estimate of drug-likeness (QED) is 0.0115. The van der Waals surface area contributed by atoms with Gasteiger partial charge in [0.15, 0.2) is 10.2 Å². The zero-order valence-corrected chi connectivity index (χ0v) is 40.1. The molecule has 0 heterocycles. The number of carbonyl (C=O) groups is 2. The molecule has 0 rings (SSSR count). The van der Waals surface area contributed by atoms with E-state index in [0.29, 0.717) is 13.1 Å². The van der Waals surface area contributed by atoms with Crippen LogP contribution in [0.25, 0.3) is 0 Å². The number of nitrogens with one attached hydrogen (secondary N) is 8. The SMILES string of the molecule is CNC(=O)NCCCCCCCCNC(=O)NC.CNC(=S)NCCCCCCCCNC(=S)NC.N#CSCCCCCCN=C=S.O=C=NCCCCCCN=C=O. The minimum atomic E-state index is -0.115. The van der Waals surface area contributed by atoms with Gasteiger partial charge in [0.2, 0.25) is 12.2 Å². The van der Waals surface area contributed by atoms with Crippen LogP contribution in [0.1, 0.15) is 128 Å². The highest BCUT2D eigenvalue weighted by Crippen LogP contribution is 2.07. The molecule has 0 aliphatic rings. The Hall–Kier alpha value is -3.68. The Morgan fingerprint density at radius 3 is 1.12 bits per heavy atom. The van der Waals surface area contributed by atoms with Crippen molar-refractivity contribution in [3.05, 3.63) is 0 Å². The normalized spacial score (nSPS) is 9.18. The van der Waals surface area contributed by atoms with E-state index >= 15 is 0 Å². The largest absolute Gasteiger partial charge is 0.366 e. The van der Waals surface area contributed by atoms with Crippen LogP contribution in [0.5, 0.6) is 0 Å². The van der Waals surface area contributed by atoms with Crippen LogP contribution < -0.4 is 42.5 Å². The van der Waals surface area contributed by atoms with Gasteiger partial charge in [-0.3, -0.25) is 0 Å². The lowest BCUT2D eigenvalue weighted by Crippen LogP contribution is -2.33. The summed E-state index contributed by atoms with van der Waals surface area (Å²) >= 11 is 15.7. The number of urea groups is 2. The first-order chi connectivity index (χ1) is 29.2.